The lowest BCUT2D eigenvalue weighted by atomic mass is 10.2. The predicted octanol–water partition coefficient (Wildman–Crippen LogP) is 5.94. The Morgan fingerprint density at radius 2 is 1.46 bits per heavy atom. The molecule has 0 aliphatic heterocycles. The van der Waals surface area contributed by atoms with Gasteiger partial charge >= 0.3 is 0 Å². The molecule has 4 rings (SSSR count). The second-order valence-electron chi connectivity index (χ2n) is 5.78. The molecule has 126 valence electrons. The van der Waals surface area contributed by atoms with E-state index in [4.69, 9.17) is 16.7 Å². The summed E-state index contributed by atoms with van der Waals surface area (Å²) < 4.78 is 1.84. The van der Waals surface area contributed by atoms with Crippen molar-refractivity contribution in [3.05, 3.63) is 102 Å². The van der Waals surface area contributed by atoms with Gasteiger partial charge in [0, 0.05) is 28.4 Å². The van der Waals surface area contributed by atoms with Crippen molar-refractivity contribution in [3.63, 3.8) is 0 Å². The molecule has 3 aromatic carbocycles. The fourth-order valence-electron chi connectivity index (χ4n) is 2.69. The van der Waals surface area contributed by atoms with Crippen LogP contribution in [0.4, 0.5) is 5.82 Å². The van der Waals surface area contributed by atoms with Gasteiger partial charge in [0.1, 0.15) is 0 Å². The van der Waals surface area contributed by atoms with Crippen LogP contribution in [-0.2, 0) is 0 Å². The summed E-state index contributed by atoms with van der Waals surface area (Å²) in [6.07, 6.45) is 1.77. The lowest BCUT2D eigenvalue weighted by molar-refractivity contribution is 0.885. The van der Waals surface area contributed by atoms with E-state index >= 15 is 0 Å². The molecule has 0 unspecified atom stereocenters. The summed E-state index contributed by atoms with van der Waals surface area (Å²) in [7, 11) is 0. The molecule has 26 heavy (non-hydrogen) atoms. The predicted molar refractivity (Wildman–Crippen MR) is 108 cm³/mol. The number of rotatable bonds is 4. The van der Waals surface area contributed by atoms with Gasteiger partial charge in [0.25, 0.3) is 0 Å². The molecular formula is C22H16ClN3. The van der Waals surface area contributed by atoms with Gasteiger partial charge in [0.2, 0.25) is 0 Å². The Morgan fingerprint density at radius 3 is 2.19 bits per heavy atom. The maximum absolute atomic E-state index is 6.23. The largest absolute Gasteiger partial charge is 0.236 e. The van der Waals surface area contributed by atoms with Crippen LogP contribution in [0.3, 0.4) is 0 Å². The van der Waals surface area contributed by atoms with E-state index in [-0.39, 0.29) is 0 Å². The van der Waals surface area contributed by atoms with Crippen molar-refractivity contribution in [2.24, 2.45) is 4.99 Å². The minimum Gasteiger partial charge on any atom is -0.236 e. The fraction of sp³-hybridized carbons (Fsp3) is 0. The third-order valence-electron chi connectivity index (χ3n) is 4.00. The van der Waals surface area contributed by atoms with Crippen LogP contribution in [0.2, 0.25) is 5.02 Å². The molecule has 0 spiro atoms. The molecule has 0 saturated carbocycles. The summed E-state index contributed by atoms with van der Waals surface area (Å²) >= 11 is 6.23. The summed E-state index contributed by atoms with van der Waals surface area (Å²) in [5.74, 6) is 0.745. The third-order valence-corrected chi connectivity index (χ3v) is 4.35. The molecule has 4 aromatic rings. The molecule has 0 atom stereocenters. The summed E-state index contributed by atoms with van der Waals surface area (Å²) in [5.41, 5.74) is 3.76. The molecule has 3 nitrogen and oxygen atoms in total. The van der Waals surface area contributed by atoms with Crippen molar-refractivity contribution in [1.82, 2.24) is 9.78 Å². The highest BCUT2D eigenvalue weighted by atomic mass is 35.5. The second kappa shape index (κ2) is 7.38. The number of benzene rings is 3. The van der Waals surface area contributed by atoms with Crippen molar-refractivity contribution in [1.29, 1.82) is 0 Å². The molecule has 0 fully saturated rings. The van der Waals surface area contributed by atoms with Crippen LogP contribution in [0, 0.1) is 0 Å². The topological polar surface area (TPSA) is 30.2 Å². The number of para-hydroxylation sites is 1. The Morgan fingerprint density at radius 1 is 0.808 bits per heavy atom. The molecule has 0 aliphatic rings. The van der Waals surface area contributed by atoms with Crippen molar-refractivity contribution >= 4 is 23.6 Å². The van der Waals surface area contributed by atoms with Crippen LogP contribution in [-0.4, -0.2) is 16.0 Å². The van der Waals surface area contributed by atoms with Crippen LogP contribution in [0.1, 0.15) is 5.56 Å². The van der Waals surface area contributed by atoms with Gasteiger partial charge in [-0.05, 0) is 18.2 Å². The SMILES string of the molecule is Clc1ccccc1/C=N/c1cc(-c2ccccc2)nn1-c1ccccc1. The standard InChI is InChI=1S/C22H16ClN3/c23-20-14-8-7-11-18(20)16-24-22-15-21(17-9-3-1-4-10-17)25-26(22)19-12-5-2-6-13-19/h1-16H/b24-16+. The minimum atomic E-state index is 0.672. The number of nitrogens with zero attached hydrogens (tertiary/aromatic N) is 3. The normalized spacial score (nSPS) is 11.1. The van der Waals surface area contributed by atoms with Gasteiger partial charge in [0.15, 0.2) is 5.82 Å². The van der Waals surface area contributed by atoms with Crippen LogP contribution in [0.15, 0.2) is 96.0 Å². The first-order chi connectivity index (χ1) is 12.8. The molecular weight excluding hydrogens is 342 g/mol. The third kappa shape index (κ3) is 3.44. The Hall–Kier alpha value is -3.17. The van der Waals surface area contributed by atoms with Gasteiger partial charge < -0.3 is 0 Å². The molecule has 1 heterocycles. The van der Waals surface area contributed by atoms with Crippen molar-refractivity contribution in [2.45, 2.75) is 0 Å². The Bertz CT molecular complexity index is 1040. The zero-order valence-corrected chi connectivity index (χ0v) is 14.7. The summed E-state index contributed by atoms with van der Waals surface area (Å²) in [4.78, 5) is 4.65. The quantitative estimate of drug-likeness (QED) is 0.415. The molecule has 0 bridgehead atoms. The van der Waals surface area contributed by atoms with Gasteiger partial charge in [-0.3, -0.25) is 0 Å². The number of hydrogen-bond donors (Lipinski definition) is 0. The molecule has 0 N–H and O–H groups in total. The van der Waals surface area contributed by atoms with Crippen LogP contribution >= 0.6 is 11.6 Å². The number of hydrogen-bond acceptors (Lipinski definition) is 2. The highest BCUT2D eigenvalue weighted by Gasteiger charge is 2.10. The molecule has 4 heteroatoms. The molecule has 1 aromatic heterocycles. The van der Waals surface area contributed by atoms with Crippen LogP contribution in [0.25, 0.3) is 16.9 Å². The van der Waals surface area contributed by atoms with Gasteiger partial charge in [-0.2, -0.15) is 5.10 Å². The average molecular weight is 358 g/mol. The first kappa shape index (κ1) is 16.3. The number of aromatic nitrogens is 2. The van der Waals surface area contributed by atoms with Gasteiger partial charge in [0.05, 0.1) is 11.4 Å². The van der Waals surface area contributed by atoms with Crippen LogP contribution in [0.5, 0.6) is 0 Å². The zero-order valence-electron chi connectivity index (χ0n) is 14.0. The molecule has 0 radical (unpaired) electrons. The maximum atomic E-state index is 6.23. The van der Waals surface area contributed by atoms with Gasteiger partial charge in [-0.25, -0.2) is 9.67 Å². The maximum Gasteiger partial charge on any atom is 0.156 e. The van der Waals surface area contributed by atoms with E-state index in [2.05, 4.69) is 4.99 Å². The van der Waals surface area contributed by atoms with E-state index in [0.717, 1.165) is 28.3 Å². The van der Waals surface area contributed by atoms with E-state index in [1.807, 2.05) is 95.7 Å². The lowest BCUT2D eigenvalue weighted by Gasteiger charge is -2.03. The Labute approximate surface area is 157 Å². The smallest absolute Gasteiger partial charge is 0.156 e. The van der Waals surface area contributed by atoms with Gasteiger partial charge in [-0.15, -0.1) is 0 Å². The zero-order chi connectivity index (χ0) is 17.8. The first-order valence-corrected chi connectivity index (χ1v) is 8.68. The molecule has 0 amide bonds. The summed E-state index contributed by atoms with van der Waals surface area (Å²) in [6, 6.07) is 29.7. The van der Waals surface area contributed by atoms with E-state index in [0.29, 0.717) is 5.02 Å². The molecule has 0 aliphatic carbocycles. The summed E-state index contributed by atoms with van der Waals surface area (Å²) in [6.45, 7) is 0. The monoisotopic (exact) mass is 357 g/mol. The van der Waals surface area contributed by atoms with E-state index in [1.54, 1.807) is 6.21 Å². The second-order valence-corrected chi connectivity index (χ2v) is 6.19. The van der Waals surface area contributed by atoms with E-state index < -0.39 is 0 Å². The highest BCUT2D eigenvalue weighted by Crippen LogP contribution is 2.26. The van der Waals surface area contributed by atoms with Gasteiger partial charge in [-0.1, -0.05) is 78.3 Å². The van der Waals surface area contributed by atoms with E-state index in [9.17, 15) is 0 Å². The molecule has 0 saturated heterocycles. The number of halogens is 1. The van der Waals surface area contributed by atoms with Crippen molar-refractivity contribution < 1.29 is 0 Å². The van der Waals surface area contributed by atoms with Crippen molar-refractivity contribution in [3.8, 4) is 16.9 Å². The lowest BCUT2D eigenvalue weighted by Crippen LogP contribution is -1.96. The first-order valence-electron chi connectivity index (χ1n) is 8.31. The van der Waals surface area contributed by atoms with E-state index in [1.165, 1.54) is 0 Å². The highest BCUT2D eigenvalue weighted by molar-refractivity contribution is 6.33. The Balaban J connectivity index is 1.80. The Kier molecular flexibility index (Phi) is 4.63. The van der Waals surface area contributed by atoms with Crippen molar-refractivity contribution in [2.75, 3.05) is 0 Å². The van der Waals surface area contributed by atoms with Crippen LogP contribution < -0.4 is 0 Å². The average Bonchev–Trinajstić information content (AvgIpc) is 3.13. The summed E-state index contributed by atoms with van der Waals surface area (Å²) in [5, 5.41) is 5.43. The minimum absolute atomic E-state index is 0.672. The fourth-order valence-corrected chi connectivity index (χ4v) is 2.87. The number of aliphatic imine (C=N–C) groups is 1.